The zero-order valence-corrected chi connectivity index (χ0v) is 13.7. The zero-order valence-electron chi connectivity index (χ0n) is 13.7. The molecule has 130 valence electrons. The van der Waals surface area contributed by atoms with Gasteiger partial charge in [0, 0.05) is 6.54 Å². The number of hydrogen-bond acceptors (Lipinski definition) is 5. The van der Waals surface area contributed by atoms with E-state index in [4.69, 9.17) is 10.00 Å². The van der Waals surface area contributed by atoms with Crippen LogP contribution in [-0.2, 0) is 16.1 Å². The maximum absolute atomic E-state index is 12.1. The highest BCUT2D eigenvalue weighted by molar-refractivity contribution is 5.78. The van der Waals surface area contributed by atoms with Gasteiger partial charge >= 0.3 is 11.7 Å². The quantitative estimate of drug-likeness (QED) is 0.852. The molecule has 0 saturated heterocycles. The first-order valence-corrected chi connectivity index (χ1v) is 8.41. The van der Waals surface area contributed by atoms with Gasteiger partial charge in [0.25, 0.3) is 5.56 Å². The number of ether oxygens (including phenoxy) is 1. The Balaban J connectivity index is 1.73. The molecule has 1 heterocycles. The van der Waals surface area contributed by atoms with Gasteiger partial charge in [-0.05, 0) is 31.4 Å². The van der Waals surface area contributed by atoms with Crippen molar-refractivity contribution < 1.29 is 9.53 Å². The summed E-state index contributed by atoms with van der Waals surface area (Å²) in [6, 6.07) is 8.94. The number of hydrogen-bond donors (Lipinski definition) is 1. The number of aromatic amines is 1. The summed E-state index contributed by atoms with van der Waals surface area (Å²) in [6.07, 6.45) is 3.01. The third-order valence-electron chi connectivity index (χ3n) is 4.60. The van der Waals surface area contributed by atoms with Crippen LogP contribution in [0, 0.1) is 17.2 Å². The Hall–Kier alpha value is -2.88. The minimum absolute atomic E-state index is 0.00456. The van der Waals surface area contributed by atoms with Crippen LogP contribution in [0.3, 0.4) is 0 Å². The van der Waals surface area contributed by atoms with E-state index in [9.17, 15) is 14.4 Å². The van der Waals surface area contributed by atoms with Crippen molar-refractivity contribution in [1.29, 1.82) is 5.26 Å². The van der Waals surface area contributed by atoms with Crippen LogP contribution in [0.15, 0.2) is 33.9 Å². The highest BCUT2D eigenvalue weighted by Gasteiger charge is 2.28. The summed E-state index contributed by atoms with van der Waals surface area (Å²) in [5.74, 6) is -0.691. The predicted molar refractivity (Wildman–Crippen MR) is 90.9 cm³/mol. The largest absolute Gasteiger partial charge is 0.461 e. The molecule has 2 atom stereocenters. The second kappa shape index (κ2) is 7.34. The van der Waals surface area contributed by atoms with Gasteiger partial charge < -0.3 is 4.74 Å². The molecule has 0 spiro atoms. The normalized spacial score (nSPS) is 20.1. The zero-order chi connectivity index (χ0) is 17.8. The van der Waals surface area contributed by atoms with E-state index in [1.54, 1.807) is 24.3 Å². The number of nitriles is 1. The minimum atomic E-state index is -0.552. The monoisotopic (exact) mass is 341 g/mol. The summed E-state index contributed by atoms with van der Waals surface area (Å²) < 4.78 is 6.81. The molecule has 1 aliphatic rings. The van der Waals surface area contributed by atoms with Crippen LogP contribution in [-0.4, -0.2) is 21.6 Å². The Morgan fingerprint density at radius 3 is 2.84 bits per heavy atom. The van der Waals surface area contributed by atoms with Crippen molar-refractivity contribution in [3.05, 3.63) is 45.1 Å². The average molecular weight is 341 g/mol. The molecular weight excluding hydrogens is 322 g/mol. The molecule has 7 nitrogen and oxygen atoms in total. The number of nitrogens with one attached hydrogen (secondary N) is 1. The summed E-state index contributed by atoms with van der Waals surface area (Å²) in [5.41, 5.74) is -0.515. The molecule has 3 rings (SSSR count). The number of esters is 1. The molecule has 1 aliphatic carbocycles. The van der Waals surface area contributed by atoms with E-state index in [0.717, 1.165) is 19.3 Å². The number of benzene rings is 1. The van der Waals surface area contributed by atoms with Crippen LogP contribution >= 0.6 is 0 Å². The molecule has 25 heavy (non-hydrogen) atoms. The van der Waals surface area contributed by atoms with E-state index in [2.05, 4.69) is 11.1 Å². The molecule has 0 bridgehead atoms. The Kier molecular flexibility index (Phi) is 4.98. The lowest BCUT2D eigenvalue weighted by molar-refractivity contribution is -0.152. The summed E-state index contributed by atoms with van der Waals surface area (Å²) in [5, 5.41) is 9.54. The van der Waals surface area contributed by atoms with E-state index in [1.165, 1.54) is 4.57 Å². The van der Waals surface area contributed by atoms with Crippen molar-refractivity contribution in [2.45, 2.75) is 44.8 Å². The number of H-pyrrole nitrogens is 1. The lowest BCUT2D eigenvalue weighted by atomic mass is 9.87. The first-order chi connectivity index (χ1) is 12.1. The summed E-state index contributed by atoms with van der Waals surface area (Å²) in [6.45, 7) is 0.110. The van der Waals surface area contributed by atoms with Gasteiger partial charge in [-0.3, -0.25) is 19.1 Å². The second-order valence-corrected chi connectivity index (χ2v) is 6.23. The first kappa shape index (κ1) is 17.0. The fourth-order valence-electron chi connectivity index (χ4n) is 3.28. The van der Waals surface area contributed by atoms with Gasteiger partial charge in [-0.15, -0.1) is 0 Å². The number of fused-ring (bicyclic) bond motifs is 1. The van der Waals surface area contributed by atoms with Gasteiger partial charge in [-0.2, -0.15) is 5.26 Å². The molecule has 0 unspecified atom stereocenters. The summed E-state index contributed by atoms with van der Waals surface area (Å²) in [7, 11) is 0. The van der Waals surface area contributed by atoms with Gasteiger partial charge in [-0.1, -0.05) is 18.6 Å². The number of para-hydroxylation sites is 1. The van der Waals surface area contributed by atoms with Crippen LogP contribution in [0.5, 0.6) is 0 Å². The molecule has 0 radical (unpaired) electrons. The number of aromatic nitrogens is 2. The average Bonchev–Trinajstić information content (AvgIpc) is 2.62. The Morgan fingerprint density at radius 1 is 1.28 bits per heavy atom. The van der Waals surface area contributed by atoms with Crippen LogP contribution < -0.4 is 11.2 Å². The lowest BCUT2D eigenvalue weighted by Crippen LogP contribution is -2.32. The summed E-state index contributed by atoms with van der Waals surface area (Å²) in [4.78, 5) is 38.3. The highest BCUT2D eigenvalue weighted by atomic mass is 16.5. The maximum Gasteiger partial charge on any atom is 0.328 e. The van der Waals surface area contributed by atoms with E-state index >= 15 is 0 Å². The SMILES string of the molecule is N#C[C@@H]1CCCC[C@@H]1OC(=O)CCn1c(=O)[nH]c(=O)c2ccccc21. The number of carbonyl (C=O) groups excluding carboxylic acids is 1. The van der Waals surface area contributed by atoms with E-state index in [-0.39, 0.29) is 25.0 Å². The van der Waals surface area contributed by atoms with Crippen LogP contribution in [0.25, 0.3) is 10.9 Å². The van der Waals surface area contributed by atoms with Crippen molar-refractivity contribution in [3.8, 4) is 6.07 Å². The minimum Gasteiger partial charge on any atom is -0.461 e. The molecule has 1 N–H and O–H groups in total. The van der Waals surface area contributed by atoms with Crippen molar-refractivity contribution >= 4 is 16.9 Å². The summed E-state index contributed by atoms with van der Waals surface area (Å²) >= 11 is 0. The second-order valence-electron chi connectivity index (χ2n) is 6.23. The lowest BCUT2D eigenvalue weighted by Gasteiger charge is -2.26. The van der Waals surface area contributed by atoms with E-state index < -0.39 is 17.2 Å². The molecule has 0 aliphatic heterocycles. The van der Waals surface area contributed by atoms with Gasteiger partial charge in [0.1, 0.15) is 6.10 Å². The van der Waals surface area contributed by atoms with Crippen molar-refractivity contribution in [2.24, 2.45) is 5.92 Å². The topological polar surface area (TPSA) is 105 Å². The Morgan fingerprint density at radius 2 is 2.04 bits per heavy atom. The molecule has 7 heteroatoms. The van der Waals surface area contributed by atoms with Gasteiger partial charge in [0.2, 0.25) is 0 Å². The molecule has 1 aromatic carbocycles. The van der Waals surface area contributed by atoms with Crippen LogP contribution in [0.1, 0.15) is 32.1 Å². The molecular formula is C18H19N3O4. The van der Waals surface area contributed by atoms with Gasteiger partial charge in [0.05, 0.1) is 29.3 Å². The standard InChI is InChI=1S/C18H19N3O4/c19-11-12-5-1-4-8-15(12)25-16(22)9-10-21-14-7-3-2-6-13(14)17(23)20-18(21)24/h2-3,6-7,12,15H,1,4-5,8-10H2,(H,20,23,24)/t12-,15-/m0/s1. The number of aryl methyl sites for hydroxylation is 1. The molecule has 2 aromatic rings. The molecule has 0 amide bonds. The molecule has 1 fully saturated rings. The molecule has 1 saturated carbocycles. The van der Waals surface area contributed by atoms with Crippen molar-refractivity contribution in [3.63, 3.8) is 0 Å². The predicted octanol–water partition coefficient (Wildman–Crippen LogP) is 1.71. The smallest absolute Gasteiger partial charge is 0.328 e. The van der Waals surface area contributed by atoms with Crippen molar-refractivity contribution in [2.75, 3.05) is 0 Å². The third kappa shape index (κ3) is 3.63. The number of nitrogens with zero attached hydrogens (tertiary/aromatic N) is 2. The van der Waals surface area contributed by atoms with Crippen LogP contribution in [0.4, 0.5) is 0 Å². The fourth-order valence-corrected chi connectivity index (χ4v) is 3.28. The number of carbonyl (C=O) groups is 1. The van der Waals surface area contributed by atoms with Crippen molar-refractivity contribution in [1.82, 2.24) is 9.55 Å². The van der Waals surface area contributed by atoms with Gasteiger partial charge in [0.15, 0.2) is 0 Å². The van der Waals surface area contributed by atoms with E-state index in [0.29, 0.717) is 17.3 Å². The van der Waals surface area contributed by atoms with Crippen LogP contribution in [0.2, 0.25) is 0 Å². The Bertz CT molecular complexity index is 938. The van der Waals surface area contributed by atoms with E-state index in [1.807, 2.05) is 0 Å². The maximum atomic E-state index is 12.1. The van der Waals surface area contributed by atoms with Gasteiger partial charge in [-0.25, -0.2) is 4.79 Å². The third-order valence-corrected chi connectivity index (χ3v) is 4.60. The first-order valence-electron chi connectivity index (χ1n) is 8.41. The highest BCUT2D eigenvalue weighted by Crippen LogP contribution is 2.26. The Labute approximate surface area is 143 Å². The molecule has 1 aromatic heterocycles. The number of rotatable bonds is 4. The fraction of sp³-hybridized carbons (Fsp3) is 0.444.